The van der Waals surface area contributed by atoms with Crippen LogP contribution in [0.15, 0.2) is 18.2 Å². The zero-order valence-corrected chi connectivity index (χ0v) is 16.0. The van der Waals surface area contributed by atoms with Gasteiger partial charge in [-0.25, -0.2) is 0 Å². The molecule has 0 saturated carbocycles. The van der Waals surface area contributed by atoms with E-state index in [0.29, 0.717) is 11.3 Å². The van der Waals surface area contributed by atoms with Gasteiger partial charge in [0.2, 0.25) is 0 Å². The Hall–Kier alpha value is -1.28. The van der Waals surface area contributed by atoms with Crippen LogP contribution in [0.5, 0.6) is 0 Å². The first-order valence-corrected chi connectivity index (χ1v) is 10.4. The monoisotopic (exact) mass is 394 g/mol. The van der Waals surface area contributed by atoms with Crippen molar-refractivity contribution < 1.29 is 32.1 Å². The number of nitrogens with one attached hydrogen (secondary N) is 1. The van der Waals surface area contributed by atoms with Gasteiger partial charge >= 0.3 is 15.2 Å². The molecule has 12 heteroatoms. The van der Waals surface area contributed by atoms with E-state index in [9.17, 15) is 19.2 Å². The normalized spacial score (nSPS) is 20.6. The summed E-state index contributed by atoms with van der Waals surface area (Å²) in [7, 11) is -2.26. The zero-order chi connectivity index (χ0) is 18.8. The van der Waals surface area contributed by atoms with Crippen LogP contribution in [0, 0.1) is 10.1 Å². The molecule has 1 N–H and O–H groups in total. The van der Waals surface area contributed by atoms with Crippen molar-refractivity contribution in [3.05, 3.63) is 33.9 Å². The summed E-state index contributed by atoms with van der Waals surface area (Å²) >= 11 is 0. The van der Waals surface area contributed by atoms with Gasteiger partial charge < -0.3 is 23.4 Å². The molecular weight excluding hydrogens is 374 g/mol. The van der Waals surface area contributed by atoms with Crippen LogP contribution >= 0.6 is 15.2 Å². The summed E-state index contributed by atoms with van der Waals surface area (Å²) in [4.78, 5) is 10.5. The number of fused-ring (bicyclic) bond motifs is 1. The number of rotatable bonds is 7. The Kier molecular flexibility index (Phi) is 6.04. The number of hydrogen-bond acceptors (Lipinski definition) is 9. The van der Waals surface area contributed by atoms with E-state index >= 15 is 0 Å². The molecule has 1 aliphatic heterocycles. The number of nitrogens with zero attached hydrogens (tertiary/aromatic N) is 1. The van der Waals surface area contributed by atoms with Gasteiger partial charge in [-0.2, -0.15) is 0 Å². The quantitative estimate of drug-likeness (QED) is 0.418. The van der Waals surface area contributed by atoms with Gasteiger partial charge in [0.25, 0.3) is 5.69 Å². The lowest BCUT2D eigenvalue weighted by Gasteiger charge is -2.37. The van der Waals surface area contributed by atoms with Crippen LogP contribution in [-0.2, 0) is 27.2 Å². The molecule has 0 fully saturated rings. The minimum absolute atomic E-state index is 0.0199. The van der Waals surface area contributed by atoms with E-state index in [1.807, 2.05) is 0 Å². The molecule has 0 aromatic heterocycles. The Balaban J connectivity index is 2.60. The van der Waals surface area contributed by atoms with E-state index in [2.05, 4.69) is 5.32 Å². The van der Waals surface area contributed by atoms with Crippen LogP contribution < -0.4 is 5.32 Å². The van der Waals surface area contributed by atoms with Gasteiger partial charge in [0.15, 0.2) is 0 Å². The minimum atomic E-state index is -3.66. The van der Waals surface area contributed by atoms with Gasteiger partial charge in [-0.05, 0) is 18.1 Å². The molecule has 1 aromatic rings. The van der Waals surface area contributed by atoms with E-state index in [4.69, 9.17) is 18.1 Å². The fraction of sp³-hybridized carbons (Fsp3) is 0.538. The fourth-order valence-electron chi connectivity index (χ4n) is 2.81. The molecule has 140 valence electrons. The lowest BCUT2D eigenvalue weighted by molar-refractivity contribution is -0.384. The highest BCUT2D eigenvalue weighted by Crippen LogP contribution is 2.67. The van der Waals surface area contributed by atoms with Gasteiger partial charge in [0.1, 0.15) is 5.78 Å². The maximum Gasteiger partial charge on any atom is 0.352 e. The van der Waals surface area contributed by atoms with Crippen molar-refractivity contribution in [3.63, 3.8) is 0 Å². The Morgan fingerprint density at radius 3 is 2.12 bits per heavy atom. The summed E-state index contributed by atoms with van der Waals surface area (Å²) in [5.74, 6) is -0.819. The molecule has 0 saturated heterocycles. The van der Waals surface area contributed by atoms with Crippen molar-refractivity contribution in [1.82, 2.24) is 0 Å². The highest BCUT2D eigenvalue weighted by atomic mass is 31.2. The molecule has 10 nitrogen and oxygen atoms in total. The Bertz CT molecular complexity index is 740. The van der Waals surface area contributed by atoms with Crippen LogP contribution in [0.4, 0.5) is 11.4 Å². The number of nitro benzene ring substituents is 1. The van der Waals surface area contributed by atoms with Crippen LogP contribution in [0.2, 0.25) is 0 Å². The molecule has 0 amide bonds. The van der Waals surface area contributed by atoms with Crippen molar-refractivity contribution in [3.8, 4) is 0 Å². The first-order chi connectivity index (χ1) is 11.7. The second-order valence-corrected chi connectivity index (χ2v) is 10.1. The lowest BCUT2D eigenvalue weighted by atomic mass is 10.0. The molecule has 1 heterocycles. The van der Waals surface area contributed by atoms with E-state index in [0.717, 1.165) is 0 Å². The fourth-order valence-corrected chi connectivity index (χ4v) is 6.09. The topological polar surface area (TPSA) is 126 Å². The molecule has 0 unspecified atom stereocenters. The summed E-state index contributed by atoms with van der Waals surface area (Å²) < 4.78 is 45.9. The SMILES string of the molecule is COP(=O)(OC)[C@H]1C[C@H](P(=O)(OC)OC)c2cc([N+](=O)[O-])ccc2N1. The first kappa shape index (κ1) is 20.0. The molecule has 2 atom stereocenters. The minimum Gasteiger partial charge on any atom is -0.371 e. The maximum atomic E-state index is 13.0. The Morgan fingerprint density at radius 2 is 1.64 bits per heavy atom. The molecule has 25 heavy (non-hydrogen) atoms. The summed E-state index contributed by atoms with van der Waals surface area (Å²) in [6.45, 7) is 0. The maximum absolute atomic E-state index is 13.0. The average Bonchev–Trinajstić information content (AvgIpc) is 2.65. The van der Waals surface area contributed by atoms with Crippen molar-refractivity contribution in [2.24, 2.45) is 0 Å². The van der Waals surface area contributed by atoms with Gasteiger partial charge in [0, 0.05) is 46.3 Å². The third-order valence-corrected chi connectivity index (χ3v) is 8.55. The van der Waals surface area contributed by atoms with Gasteiger partial charge in [-0.3, -0.25) is 19.2 Å². The van der Waals surface area contributed by atoms with E-state index in [1.54, 1.807) is 0 Å². The number of anilines is 1. The van der Waals surface area contributed by atoms with Gasteiger partial charge in [0.05, 0.1) is 10.6 Å². The predicted molar refractivity (Wildman–Crippen MR) is 91.1 cm³/mol. The Labute approximate surface area is 145 Å². The Morgan fingerprint density at radius 1 is 1.08 bits per heavy atom. The number of non-ortho nitro benzene ring substituents is 1. The number of nitro groups is 1. The molecule has 0 bridgehead atoms. The molecule has 2 rings (SSSR count). The highest BCUT2D eigenvalue weighted by Gasteiger charge is 2.47. The zero-order valence-electron chi connectivity index (χ0n) is 14.2. The van der Waals surface area contributed by atoms with Crippen molar-refractivity contribution in [1.29, 1.82) is 0 Å². The largest absolute Gasteiger partial charge is 0.371 e. The van der Waals surface area contributed by atoms with Gasteiger partial charge in [-0.15, -0.1) is 0 Å². The van der Waals surface area contributed by atoms with Crippen LogP contribution in [0.1, 0.15) is 17.6 Å². The van der Waals surface area contributed by atoms with Crippen molar-refractivity contribution in [2.45, 2.75) is 17.9 Å². The molecule has 0 spiro atoms. The summed E-state index contributed by atoms with van der Waals surface area (Å²) in [5.41, 5.74) is -0.224. The molecule has 0 radical (unpaired) electrons. The van der Waals surface area contributed by atoms with Crippen LogP contribution in [0.25, 0.3) is 0 Å². The van der Waals surface area contributed by atoms with Crippen molar-refractivity contribution >= 4 is 26.6 Å². The smallest absolute Gasteiger partial charge is 0.352 e. The van der Waals surface area contributed by atoms with E-state index in [1.165, 1.54) is 46.6 Å². The van der Waals surface area contributed by atoms with Crippen molar-refractivity contribution in [2.75, 3.05) is 33.8 Å². The molecule has 0 aliphatic carbocycles. The van der Waals surface area contributed by atoms with Crippen LogP contribution in [0.3, 0.4) is 0 Å². The van der Waals surface area contributed by atoms with E-state index in [-0.39, 0.29) is 12.1 Å². The number of benzene rings is 1. The summed E-state index contributed by atoms with van der Waals surface area (Å²) in [6.07, 6.45) is 0.0199. The third kappa shape index (κ3) is 3.65. The molecule has 1 aromatic carbocycles. The standard InChI is InChI=1S/C13H20N2O8P2/c1-20-24(18,21-2)12-8-13(25(19,22-3)23-4)14-11-6-5-9(15(16)17)7-10(11)12/h5-7,12-14H,8H2,1-4H3/t12-,13-/m0/s1. The first-order valence-electron chi connectivity index (χ1n) is 7.22. The second kappa shape index (κ2) is 7.53. The highest BCUT2D eigenvalue weighted by molar-refractivity contribution is 7.55. The summed E-state index contributed by atoms with van der Waals surface area (Å²) in [5, 5.41) is 14.1. The molecule has 1 aliphatic rings. The average molecular weight is 394 g/mol. The van der Waals surface area contributed by atoms with E-state index < -0.39 is 31.6 Å². The predicted octanol–water partition coefficient (Wildman–Crippen LogP) is 3.75. The third-order valence-electron chi connectivity index (χ3n) is 4.15. The lowest BCUT2D eigenvalue weighted by Crippen LogP contribution is -2.29. The van der Waals surface area contributed by atoms with Crippen LogP contribution in [-0.4, -0.2) is 39.1 Å². The summed E-state index contributed by atoms with van der Waals surface area (Å²) in [6, 6.07) is 4.05. The van der Waals surface area contributed by atoms with Gasteiger partial charge in [-0.1, -0.05) is 0 Å². The second-order valence-electron chi connectivity index (χ2n) is 5.25. The molecular formula is C13H20N2O8P2. The number of hydrogen-bond donors (Lipinski definition) is 1.